The second-order valence-corrected chi connectivity index (χ2v) is 5.90. The Kier molecular flexibility index (Phi) is 3.47. The fraction of sp³-hybridized carbons (Fsp3) is 0.692. The van der Waals surface area contributed by atoms with Crippen LogP contribution in [0.15, 0.2) is 16.8 Å². The molecule has 2 atom stereocenters. The van der Waals surface area contributed by atoms with Crippen molar-refractivity contribution in [1.82, 2.24) is 5.32 Å². The maximum atomic E-state index is 3.58. The third-order valence-electron chi connectivity index (χ3n) is 3.54. The molecule has 1 N–H and O–H groups in total. The van der Waals surface area contributed by atoms with Gasteiger partial charge in [0.2, 0.25) is 0 Å². The van der Waals surface area contributed by atoms with E-state index in [0.717, 1.165) is 12.6 Å². The zero-order valence-electron chi connectivity index (χ0n) is 9.75. The minimum Gasteiger partial charge on any atom is -0.314 e. The van der Waals surface area contributed by atoms with Gasteiger partial charge >= 0.3 is 0 Å². The Bertz CT molecular complexity index is 293. The summed E-state index contributed by atoms with van der Waals surface area (Å²) in [5, 5.41) is 8.07. The zero-order chi connectivity index (χ0) is 10.7. The van der Waals surface area contributed by atoms with Gasteiger partial charge in [0.25, 0.3) is 0 Å². The standard InChI is InChI=1S/C13H21NS/c1-3-14-12-4-6-13(2,9-12)8-11-5-7-15-10-11/h5,7,10,12,14H,3-4,6,8-9H2,1-2H3. The molecular formula is C13H21NS. The van der Waals surface area contributed by atoms with Gasteiger partial charge in [-0.2, -0.15) is 11.3 Å². The summed E-state index contributed by atoms with van der Waals surface area (Å²) in [6.45, 7) is 5.76. The van der Waals surface area contributed by atoms with Crippen molar-refractivity contribution < 1.29 is 0 Å². The van der Waals surface area contributed by atoms with Gasteiger partial charge in [0, 0.05) is 6.04 Å². The lowest BCUT2D eigenvalue weighted by molar-refractivity contribution is 0.323. The number of thiophene rings is 1. The van der Waals surface area contributed by atoms with E-state index in [1.165, 1.54) is 31.2 Å². The predicted octanol–water partition coefficient (Wildman–Crippen LogP) is 3.46. The van der Waals surface area contributed by atoms with Crippen LogP contribution < -0.4 is 5.32 Å². The molecule has 1 aliphatic carbocycles. The molecular weight excluding hydrogens is 202 g/mol. The summed E-state index contributed by atoms with van der Waals surface area (Å²) in [5.41, 5.74) is 2.06. The molecule has 84 valence electrons. The highest BCUT2D eigenvalue weighted by Crippen LogP contribution is 2.40. The highest BCUT2D eigenvalue weighted by atomic mass is 32.1. The summed E-state index contributed by atoms with van der Waals surface area (Å²) >= 11 is 1.82. The minimum atomic E-state index is 0.536. The van der Waals surface area contributed by atoms with Crippen LogP contribution in [0.25, 0.3) is 0 Å². The van der Waals surface area contributed by atoms with E-state index in [0.29, 0.717) is 5.41 Å². The molecule has 1 saturated carbocycles. The van der Waals surface area contributed by atoms with Gasteiger partial charge in [0.15, 0.2) is 0 Å². The van der Waals surface area contributed by atoms with Gasteiger partial charge in [-0.3, -0.25) is 0 Å². The first-order chi connectivity index (χ1) is 7.22. The Morgan fingerprint density at radius 3 is 3.13 bits per heavy atom. The summed E-state index contributed by atoms with van der Waals surface area (Å²) in [6, 6.07) is 3.04. The molecule has 2 heteroatoms. The number of hydrogen-bond acceptors (Lipinski definition) is 2. The molecule has 1 nitrogen and oxygen atoms in total. The molecule has 1 heterocycles. The Labute approximate surface area is 96.9 Å². The third kappa shape index (κ3) is 2.82. The zero-order valence-corrected chi connectivity index (χ0v) is 10.6. The van der Waals surface area contributed by atoms with Crippen molar-refractivity contribution in [3.63, 3.8) is 0 Å². The van der Waals surface area contributed by atoms with Crippen molar-refractivity contribution in [2.45, 2.75) is 45.6 Å². The topological polar surface area (TPSA) is 12.0 Å². The Morgan fingerprint density at radius 1 is 1.60 bits per heavy atom. The van der Waals surface area contributed by atoms with Crippen LogP contribution in [0.2, 0.25) is 0 Å². The van der Waals surface area contributed by atoms with Crippen LogP contribution in [0.4, 0.5) is 0 Å². The average molecular weight is 223 g/mol. The fourth-order valence-corrected chi connectivity index (χ4v) is 3.50. The van der Waals surface area contributed by atoms with E-state index in [4.69, 9.17) is 0 Å². The van der Waals surface area contributed by atoms with E-state index in [1.54, 1.807) is 0 Å². The molecule has 0 aliphatic heterocycles. The van der Waals surface area contributed by atoms with E-state index in [9.17, 15) is 0 Å². The van der Waals surface area contributed by atoms with E-state index in [1.807, 2.05) is 11.3 Å². The number of nitrogens with one attached hydrogen (secondary N) is 1. The van der Waals surface area contributed by atoms with Crippen molar-refractivity contribution in [3.05, 3.63) is 22.4 Å². The maximum Gasteiger partial charge on any atom is 0.00724 e. The van der Waals surface area contributed by atoms with Crippen LogP contribution in [0.1, 0.15) is 38.7 Å². The Morgan fingerprint density at radius 2 is 2.47 bits per heavy atom. The van der Waals surface area contributed by atoms with Crippen molar-refractivity contribution in [1.29, 1.82) is 0 Å². The van der Waals surface area contributed by atoms with Crippen molar-refractivity contribution in [2.75, 3.05) is 6.54 Å². The van der Waals surface area contributed by atoms with E-state index < -0.39 is 0 Å². The summed E-state index contributed by atoms with van der Waals surface area (Å²) in [5.74, 6) is 0. The Balaban J connectivity index is 1.92. The second kappa shape index (κ2) is 4.67. The normalized spacial score (nSPS) is 30.9. The first-order valence-electron chi connectivity index (χ1n) is 5.96. The van der Waals surface area contributed by atoms with E-state index in [2.05, 4.69) is 36.0 Å². The molecule has 2 rings (SSSR count). The van der Waals surface area contributed by atoms with Crippen molar-refractivity contribution in [2.24, 2.45) is 5.41 Å². The van der Waals surface area contributed by atoms with Gasteiger partial charge in [-0.1, -0.05) is 13.8 Å². The third-order valence-corrected chi connectivity index (χ3v) is 4.27. The lowest BCUT2D eigenvalue weighted by Gasteiger charge is -2.23. The first-order valence-corrected chi connectivity index (χ1v) is 6.90. The van der Waals surface area contributed by atoms with Crippen LogP contribution in [-0.4, -0.2) is 12.6 Å². The maximum absolute atomic E-state index is 3.58. The second-order valence-electron chi connectivity index (χ2n) is 5.12. The highest BCUT2D eigenvalue weighted by molar-refractivity contribution is 7.07. The van der Waals surface area contributed by atoms with Gasteiger partial charge < -0.3 is 5.32 Å². The molecule has 0 amide bonds. The van der Waals surface area contributed by atoms with Crippen LogP contribution in [0, 0.1) is 5.41 Å². The summed E-state index contributed by atoms with van der Waals surface area (Å²) in [6.07, 6.45) is 5.34. The van der Waals surface area contributed by atoms with Crippen molar-refractivity contribution in [3.8, 4) is 0 Å². The smallest absolute Gasteiger partial charge is 0.00724 e. The van der Waals surface area contributed by atoms with E-state index >= 15 is 0 Å². The molecule has 1 aromatic heterocycles. The molecule has 0 saturated heterocycles. The van der Waals surface area contributed by atoms with Gasteiger partial charge in [-0.05, 0) is 60.0 Å². The predicted molar refractivity (Wildman–Crippen MR) is 67.4 cm³/mol. The summed E-state index contributed by atoms with van der Waals surface area (Å²) < 4.78 is 0. The van der Waals surface area contributed by atoms with Gasteiger partial charge in [-0.25, -0.2) is 0 Å². The Hall–Kier alpha value is -0.340. The highest BCUT2D eigenvalue weighted by Gasteiger charge is 2.34. The molecule has 1 aliphatic rings. The SMILES string of the molecule is CCNC1CCC(C)(Cc2ccsc2)C1. The van der Waals surface area contributed by atoms with Crippen LogP contribution in [0.3, 0.4) is 0 Å². The molecule has 15 heavy (non-hydrogen) atoms. The van der Waals surface area contributed by atoms with Gasteiger partial charge in [0.1, 0.15) is 0 Å². The van der Waals surface area contributed by atoms with E-state index in [-0.39, 0.29) is 0 Å². The molecule has 0 bridgehead atoms. The molecule has 0 aromatic carbocycles. The molecule has 1 aromatic rings. The first kappa shape index (κ1) is 11.2. The number of rotatable bonds is 4. The van der Waals surface area contributed by atoms with Crippen molar-refractivity contribution >= 4 is 11.3 Å². The lowest BCUT2D eigenvalue weighted by Crippen LogP contribution is -2.27. The lowest BCUT2D eigenvalue weighted by atomic mass is 9.83. The summed E-state index contributed by atoms with van der Waals surface area (Å²) in [7, 11) is 0. The molecule has 0 spiro atoms. The largest absolute Gasteiger partial charge is 0.314 e. The average Bonchev–Trinajstić information content (AvgIpc) is 2.78. The minimum absolute atomic E-state index is 0.536. The number of hydrogen-bond donors (Lipinski definition) is 1. The quantitative estimate of drug-likeness (QED) is 0.824. The van der Waals surface area contributed by atoms with Crippen LogP contribution in [0.5, 0.6) is 0 Å². The van der Waals surface area contributed by atoms with Gasteiger partial charge in [0.05, 0.1) is 0 Å². The fourth-order valence-electron chi connectivity index (χ4n) is 2.83. The molecule has 0 radical (unpaired) electrons. The monoisotopic (exact) mass is 223 g/mol. The molecule has 1 fully saturated rings. The van der Waals surface area contributed by atoms with Crippen LogP contribution >= 0.6 is 11.3 Å². The summed E-state index contributed by atoms with van der Waals surface area (Å²) in [4.78, 5) is 0. The van der Waals surface area contributed by atoms with Crippen LogP contribution in [-0.2, 0) is 6.42 Å². The van der Waals surface area contributed by atoms with Gasteiger partial charge in [-0.15, -0.1) is 0 Å². The molecule has 2 unspecified atom stereocenters.